The monoisotopic (exact) mass is 533 g/mol. The average Bonchev–Trinajstić information content (AvgIpc) is 3.71. The van der Waals surface area contributed by atoms with Gasteiger partial charge in [-0.05, 0) is 85.1 Å². The van der Waals surface area contributed by atoms with Gasteiger partial charge in [0.2, 0.25) is 0 Å². The molecule has 1 fully saturated rings. The first-order valence-corrected chi connectivity index (χ1v) is 13.5. The van der Waals surface area contributed by atoms with Crippen molar-refractivity contribution in [2.45, 2.75) is 12.8 Å². The molecule has 0 saturated carbocycles. The Bertz CT molecular complexity index is 1820. The van der Waals surface area contributed by atoms with Gasteiger partial charge in [0.05, 0.1) is 17.4 Å². The number of halogens is 1. The summed E-state index contributed by atoms with van der Waals surface area (Å²) in [5, 5.41) is 19.6. The highest BCUT2D eigenvalue weighted by Crippen LogP contribution is 2.36. The number of hydrogen-bond donors (Lipinski definition) is 3. The number of ether oxygens (including phenoxy) is 1. The van der Waals surface area contributed by atoms with Crippen molar-refractivity contribution in [1.29, 1.82) is 0 Å². The van der Waals surface area contributed by atoms with E-state index < -0.39 is 5.82 Å². The molecule has 0 spiro atoms. The largest absolute Gasteiger partial charge is 0.508 e. The summed E-state index contributed by atoms with van der Waals surface area (Å²) in [5.41, 5.74) is 6.85. The van der Waals surface area contributed by atoms with Crippen LogP contribution in [0.25, 0.3) is 55.4 Å². The van der Waals surface area contributed by atoms with Crippen LogP contribution in [0.5, 0.6) is 11.5 Å². The van der Waals surface area contributed by atoms with E-state index in [1.165, 1.54) is 18.9 Å². The summed E-state index contributed by atoms with van der Waals surface area (Å²) in [4.78, 5) is 10.3. The molecule has 4 heterocycles. The van der Waals surface area contributed by atoms with Crippen molar-refractivity contribution in [2.24, 2.45) is 0 Å². The third kappa shape index (κ3) is 4.67. The molecule has 0 unspecified atom stereocenters. The fourth-order valence-electron chi connectivity index (χ4n) is 5.62. The molecule has 7 nitrogen and oxygen atoms in total. The first-order chi connectivity index (χ1) is 19.6. The smallest absolute Gasteiger partial charge is 0.138 e. The molecule has 3 aromatic carbocycles. The maximum atomic E-state index is 14.0. The van der Waals surface area contributed by atoms with Crippen LogP contribution in [0.15, 0.2) is 79.1 Å². The van der Waals surface area contributed by atoms with E-state index in [0.717, 1.165) is 81.3 Å². The standard InChI is InChI=1S/C32H28FN5O2/c33-23-12-21(13-24(39)16-23)26-4-3-5-29-27(26)17-31(35-29)32-28-15-20(6-7-30(28)36-37-32)22-14-25(19-34-18-22)40-11-10-38-8-1-2-9-38/h3-7,12-19,35,39H,1-2,8-11H2,(H,36,37). The summed E-state index contributed by atoms with van der Waals surface area (Å²) in [5.74, 6) is 0.170. The Labute approximate surface area is 230 Å². The molecule has 1 aliphatic rings. The zero-order valence-corrected chi connectivity index (χ0v) is 21.8. The Hall–Kier alpha value is -4.69. The summed E-state index contributed by atoms with van der Waals surface area (Å²) in [6.07, 6.45) is 6.15. The molecular formula is C32H28FN5O2. The number of nitrogens with zero attached hydrogens (tertiary/aromatic N) is 3. The summed E-state index contributed by atoms with van der Waals surface area (Å²) in [6.45, 7) is 3.89. The summed E-state index contributed by atoms with van der Waals surface area (Å²) in [6, 6.07) is 20.1. The summed E-state index contributed by atoms with van der Waals surface area (Å²) >= 11 is 0. The lowest BCUT2D eigenvalue weighted by Crippen LogP contribution is -2.25. The van der Waals surface area contributed by atoms with E-state index in [1.54, 1.807) is 12.3 Å². The van der Waals surface area contributed by atoms with Gasteiger partial charge in [0.1, 0.15) is 29.6 Å². The molecule has 0 atom stereocenters. The lowest BCUT2D eigenvalue weighted by Gasteiger charge is -2.15. The second-order valence-corrected chi connectivity index (χ2v) is 10.3. The maximum Gasteiger partial charge on any atom is 0.138 e. The number of aromatic amines is 2. The topological polar surface area (TPSA) is 90.1 Å². The molecule has 6 aromatic rings. The van der Waals surface area contributed by atoms with Crippen LogP contribution >= 0.6 is 0 Å². The number of aromatic hydroxyl groups is 1. The van der Waals surface area contributed by atoms with Gasteiger partial charge >= 0.3 is 0 Å². The van der Waals surface area contributed by atoms with E-state index >= 15 is 0 Å². The second kappa shape index (κ2) is 10.1. The van der Waals surface area contributed by atoms with Crippen LogP contribution in [-0.4, -0.2) is 56.4 Å². The molecular weight excluding hydrogens is 505 g/mol. The minimum atomic E-state index is -0.482. The number of fused-ring (bicyclic) bond motifs is 2. The molecule has 3 N–H and O–H groups in total. The van der Waals surface area contributed by atoms with Gasteiger partial charge in [-0.15, -0.1) is 0 Å². The van der Waals surface area contributed by atoms with Crippen LogP contribution in [0, 0.1) is 5.82 Å². The van der Waals surface area contributed by atoms with Gasteiger partial charge in [0, 0.05) is 40.7 Å². The number of benzene rings is 3. The Kier molecular flexibility index (Phi) is 6.17. The van der Waals surface area contributed by atoms with E-state index in [0.29, 0.717) is 12.2 Å². The molecule has 0 amide bonds. The van der Waals surface area contributed by atoms with Gasteiger partial charge in [0.15, 0.2) is 0 Å². The van der Waals surface area contributed by atoms with Crippen molar-refractivity contribution in [3.05, 3.63) is 84.9 Å². The van der Waals surface area contributed by atoms with Crippen molar-refractivity contribution in [3.8, 4) is 45.1 Å². The molecule has 1 aliphatic heterocycles. The van der Waals surface area contributed by atoms with Gasteiger partial charge in [0.25, 0.3) is 0 Å². The van der Waals surface area contributed by atoms with Crippen LogP contribution in [0.1, 0.15) is 12.8 Å². The number of pyridine rings is 1. The fraction of sp³-hybridized carbons (Fsp3) is 0.188. The van der Waals surface area contributed by atoms with Crippen molar-refractivity contribution in [2.75, 3.05) is 26.2 Å². The quantitative estimate of drug-likeness (QED) is 0.211. The van der Waals surface area contributed by atoms with Crippen LogP contribution in [-0.2, 0) is 0 Å². The highest BCUT2D eigenvalue weighted by atomic mass is 19.1. The van der Waals surface area contributed by atoms with Gasteiger partial charge in [-0.1, -0.05) is 18.2 Å². The Balaban J connectivity index is 1.21. The molecule has 8 heteroatoms. The van der Waals surface area contributed by atoms with Crippen molar-refractivity contribution in [1.82, 2.24) is 25.1 Å². The number of likely N-dealkylation sites (tertiary alicyclic amines) is 1. The molecule has 1 saturated heterocycles. The minimum Gasteiger partial charge on any atom is -0.508 e. The van der Waals surface area contributed by atoms with Gasteiger partial charge in [-0.3, -0.25) is 15.0 Å². The number of H-pyrrole nitrogens is 2. The molecule has 0 bridgehead atoms. The number of phenolic OH excluding ortho intramolecular Hbond substituents is 1. The number of rotatable bonds is 7. The van der Waals surface area contributed by atoms with Crippen molar-refractivity contribution < 1.29 is 14.2 Å². The van der Waals surface area contributed by atoms with E-state index in [1.807, 2.05) is 42.6 Å². The first kappa shape index (κ1) is 24.4. The first-order valence-electron chi connectivity index (χ1n) is 13.5. The number of aromatic nitrogens is 4. The van der Waals surface area contributed by atoms with E-state index in [9.17, 15) is 9.50 Å². The number of nitrogens with one attached hydrogen (secondary N) is 2. The molecule has 3 aromatic heterocycles. The lowest BCUT2D eigenvalue weighted by atomic mass is 10.0. The molecule has 7 rings (SSSR count). The fourth-order valence-corrected chi connectivity index (χ4v) is 5.62. The number of phenols is 1. The van der Waals surface area contributed by atoms with Crippen LogP contribution in [0.4, 0.5) is 4.39 Å². The Morgan fingerprint density at radius 2 is 1.77 bits per heavy atom. The van der Waals surface area contributed by atoms with E-state index in [2.05, 4.69) is 37.2 Å². The molecule has 200 valence electrons. The van der Waals surface area contributed by atoms with Gasteiger partial charge < -0.3 is 14.8 Å². The Morgan fingerprint density at radius 1 is 0.875 bits per heavy atom. The van der Waals surface area contributed by atoms with Crippen LogP contribution in [0.3, 0.4) is 0 Å². The predicted molar refractivity (Wildman–Crippen MR) is 155 cm³/mol. The lowest BCUT2D eigenvalue weighted by molar-refractivity contribution is 0.237. The highest BCUT2D eigenvalue weighted by molar-refractivity contribution is 6.02. The average molecular weight is 534 g/mol. The zero-order valence-electron chi connectivity index (χ0n) is 21.8. The van der Waals surface area contributed by atoms with E-state index in [-0.39, 0.29) is 5.75 Å². The predicted octanol–water partition coefficient (Wildman–Crippen LogP) is 6.76. The maximum absolute atomic E-state index is 14.0. The van der Waals surface area contributed by atoms with Crippen molar-refractivity contribution in [3.63, 3.8) is 0 Å². The van der Waals surface area contributed by atoms with Crippen LogP contribution in [0.2, 0.25) is 0 Å². The summed E-state index contributed by atoms with van der Waals surface area (Å²) < 4.78 is 20.1. The molecule has 40 heavy (non-hydrogen) atoms. The SMILES string of the molecule is Oc1cc(F)cc(-c2cccc3[nH]c(-c4n[nH]c5ccc(-c6cncc(OCCN7CCCC7)c6)cc45)cc23)c1. The third-order valence-corrected chi connectivity index (χ3v) is 7.60. The van der Waals surface area contributed by atoms with Crippen LogP contribution < -0.4 is 4.74 Å². The third-order valence-electron chi connectivity index (χ3n) is 7.60. The van der Waals surface area contributed by atoms with E-state index in [4.69, 9.17) is 4.74 Å². The van der Waals surface area contributed by atoms with Crippen molar-refractivity contribution >= 4 is 21.8 Å². The summed E-state index contributed by atoms with van der Waals surface area (Å²) in [7, 11) is 0. The Morgan fingerprint density at radius 3 is 2.65 bits per heavy atom. The molecule has 0 aliphatic carbocycles. The zero-order chi connectivity index (χ0) is 27.1. The highest BCUT2D eigenvalue weighted by Gasteiger charge is 2.16. The molecule has 0 radical (unpaired) electrons. The normalized spacial score (nSPS) is 13.9. The minimum absolute atomic E-state index is 0.107. The van der Waals surface area contributed by atoms with Gasteiger partial charge in [-0.25, -0.2) is 4.39 Å². The number of hydrogen-bond acceptors (Lipinski definition) is 5. The second-order valence-electron chi connectivity index (χ2n) is 10.3. The van der Waals surface area contributed by atoms with Gasteiger partial charge in [-0.2, -0.15) is 5.10 Å².